The zero-order valence-electron chi connectivity index (χ0n) is 8.39. The molecule has 4 heteroatoms. The lowest BCUT2D eigenvalue weighted by Crippen LogP contribution is -2.21. The third-order valence-electron chi connectivity index (χ3n) is 2.60. The van der Waals surface area contributed by atoms with E-state index in [4.69, 9.17) is 0 Å². The standard InChI is InChI=1S/C11H11F2NO/c1-7-4-10(13)11(5-9(7)12)14-3-2-8(15)6-14/h4-5H,2-3,6H2,1H3. The van der Waals surface area contributed by atoms with Gasteiger partial charge in [-0.3, -0.25) is 4.79 Å². The molecule has 0 aromatic heterocycles. The Morgan fingerprint density at radius 3 is 2.60 bits per heavy atom. The molecule has 0 saturated carbocycles. The van der Waals surface area contributed by atoms with Crippen molar-refractivity contribution in [3.8, 4) is 0 Å². The average molecular weight is 211 g/mol. The van der Waals surface area contributed by atoms with Crippen LogP contribution in [0.25, 0.3) is 0 Å². The van der Waals surface area contributed by atoms with Gasteiger partial charge in [0.25, 0.3) is 0 Å². The Kier molecular flexibility index (Phi) is 2.42. The van der Waals surface area contributed by atoms with Crippen LogP contribution in [0.2, 0.25) is 0 Å². The van der Waals surface area contributed by atoms with Gasteiger partial charge in [0.2, 0.25) is 0 Å². The Bertz CT molecular complexity index is 417. The van der Waals surface area contributed by atoms with Crippen molar-refractivity contribution >= 4 is 11.5 Å². The lowest BCUT2D eigenvalue weighted by atomic mass is 10.2. The Morgan fingerprint density at radius 2 is 2.00 bits per heavy atom. The van der Waals surface area contributed by atoms with Crippen molar-refractivity contribution in [2.24, 2.45) is 0 Å². The third-order valence-corrected chi connectivity index (χ3v) is 2.60. The minimum Gasteiger partial charge on any atom is -0.361 e. The summed E-state index contributed by atoms with van der Waals surface area (Å²) in [5.74, 6) is -0.843. The lowest BCUT2D eigenvalue weighted by molar-refractivity contribution is -0.116. The minimum atomic E-state index is -0.469. The number of aryl methyl sites for hydroxylation is 1. The Labute approximate surface area is 86.5 Å². The van der Waals surface area contributed by atoms with Crippen molar-refractivity contribution in [3.05, 3.63) is 29.3 Å². The fraction of sp³-hybridized carbons (Fsp3) is 0.364. The molecule has 0 atom stereocenters. The first kappa shape index (κ1) is 10.1. The molecule has 0 aliphatic carbocycles. The van der Waals surface area contributed by atoms with E-state index >= 15 is 0 Å². The molecule has 1 aliphatic rings. The van der Waals surface area contributed by atoms with E-state index in [-0.39, 0.29) is 23.6 Å². The summed E-state index contributed by atoms with van der Waals surface area (Å²) in [5, 5.41) is 0. The number of Topliss-reactive ketones (excluding diaryl/α,β-unsaturated/α-hetero) is 1. The largest absolute Gasteiger partial charge is 0.361 e. The predicted molar refractivity (Wildman–Crippen MR) is 52.9 cm³/mol. The highest BCUT2D eigenvalue weighted by Gasteiger charge is 2.22. The van der Waals surface area contributed by atoms with Gasteiger partial charge in [-0.25, -0.2) is 8.78 Å². The van der Waals surface area contributed by atoms with Gasteiger partial charge in [0.1, 0.15) is 11.6 Å². The van der Waals surface area contributed by atoms with Gasteiger partial charge < -0.3 is 4.90 Å². The third kappa shape index (κ3) is 1.84. The molecule has 1 aromatic carbocycles. The van der Waals surface area contributed by atoms with Crippen molar-refractivity contribution < 1.29 is 13.6 Å². The van der Waals surface area contributed by atoms with E-state index in [2.05, 4.69) is 0 Å². The normalized spacial score (nSPS) is 16.2. The number of hydrogen-bond acceptors (Lipinski definition) is 2. The number of anilines is 1. The van der Waals surface area contributed by atoms with Gasteiger partial charge in [0.15, 0.2) is 5.78 Å². The molecule has 1 aromatic rings. The van der Waals surface area contributed by atoms with Crippen LogP contribution in [0.4, 0.5) is 14.5 Å². The van der Waals surface area contributed by atoms with E-state index in [0.717, 1.165) is 12.1 Å². The van der Waals surface area contributed by atoms with E-state index in [0.29, 0.717) is 13.0 Å². The zero-order chi connectivity index (χ0) is 11.0. The lowest BCUT2D eigenvalue weighted by Gasteiger charge is -2.17. The number of benzene rings is 1. The smallest absolute Gasteiger partial charge is 0.153 e. The molecule has 80 valence electrons. The molecule has 1 aliphatic heterocycles. The number of carbonyl (C=O) groups excluding carboxylic acids is 1. The van der Waals surface area contributed by atoms with Crippen molar-refractivity contribution in [2.45, 2.75) is 13.3 Å². The summed E-state index contributed by atoms with van der Waals surface area (Å²) in [7, 11) is 0. The molecular formula is C11H11F2NO. The second-order valence-electron chi connectivity index (χ2n) is 3.76. The molecule has 0 radical (unpaired) electrons. The number of carbonyl (C=O) groups is 1. The number of hydrogen-bond donors (Lipinski definition) is 0. The van der Waals surface area contributed by atoms with Crippen LogP contribution in [0.15, 0.2) is 12.1 Å². The van der Waals surface area contributed by atoms with Crippen LogP contribution < -0.4 is 4.90 Å². The monoisotopic (exact) mass is 211 g/mol. The first-order valence-electron chi connectivity index (χ1n) is 4.80. The summed E-state index contributed by atoms with van der Waals surface area (Å²) in [5.41, 5.74) is 0.464. The number of ketones is 1. The maximum absolute atomic E-state index is 13.5. The predicted octanol–water partition coefficient (Wildman–Crippen LogP) is 2.05. The minimum absolute atomic E-state index is 0.0652. The van der Waals surface area contributed by atoms with Gasteiger partial charge in [-0.05, 0) is 18.6 Å². The molecule has 1 saturated heterocycles. The second-order valence-corrected chi connectivity index (χ2v) is 3.76. The highest BCUT2D eigenvalue weighted by atomic mass is 19.1. The Hall–Kier alpha value is -1.45. The maximum Gasteiger partial charge on any atom is 0.153 e. The fourth-order valence-corrected chi connectivity index (χ4v) is 1.71. The maximum atomic E-state index is 13.5. The van der Waals surface area contributed by atoms with Gasteiger partial charge in [-0.15, -0.1) is 0 Å². The van der Waals surface area contributed by atoms with Gasteiger partial charge in [0.05, 0.1) is 12.2 Å². The summed E-state index contributed by atoms with van der Waals surface area (Å²) >= 11 is 0. The SMILES string of the molecule is Cc1cc(F)c(N2CCC(=O)C2)cc1F. The molecular weight excluding hydrogens is 200 g/mol. The van der Waals surface area contributed by atoms with Crippen LogP contribution in [0.3, 0.4) is 0 Å². The number of halogens is 2. The molecule has 0 bridgehead atoms. The van der Waals surface area contributed by atoms with Crippen LogP contribution in [0.1, 0.15) is 12.0 Å². The highest BCUT2D eigenvalue weighted by molar-refractivity contribution is 5.87. The quantitative estimate of drug-likeness (QED) is 0.708. The average Bonchev–Trinajstić information content (AvgIpc) is 2.58. The molecule has 0 N–H and O–H groups in total. The first-order chi connectivity index (χ1) is 7.08. The molecule has 1 heterocycles. The van der Waals surface area contributed by atoms with E-state index in [1.165, 1.54) is 6.92 Å². The van der Waals surface area contributed by atoms with Crippen LogP contribution in [-0.2, 0) is 4.79 Å². The van der Waals surface area contributed by atoms with Crippen molar-refractivity contribution in [2.75, 3.05) is 18.0 Å². The van der Waals surface area contributed by atoms with Crippen LogP contribution in [-0.4, -0.2) is 18.9 Å². The molecule has 0 spiro atoms. The van der Waals surface area contributed by atoms with Crippen molar-refractivity contribution in [3.63, 3.8) is 0 Å². The van der Waals surface area contributed by atoms with Crippen molar-refractivity contribution in [1.29, 1.82) is 0 Å². The summed E-state index contributed by atoms with van der Waals surface area (Å²) in [6.07, 6.45) is 0.412. The summed E-state index contributed by atoms with van der Waals surface area (Å²) in [6, 6.07) is 2.32. The topological polar surface area (TPSA) is 20.3 Å². The van der Waals surface area contributed by atoms with E-state index in [1.54, 1.807) is 4.90 Å². The zero-order valence-corrected chi connectivity index (χ0v) is 8.39. The van der Waals surface area contributed by atoms with Crippen LogP contribution in [0.5, 0.6) is 0 Å². The molecule has 0 amide bonds. The summed E-state index contributed by atoms with van der Waals surface area (Å²) in [6.45, 7) is 2.16. The van der Waals surface area contributed by atoms with E-state index in [9.17, 15) is 13.6 Å². The molecule has 0 unspecified atom stereocenters. The Morgan fingerprint density at radius 1 is 1.27 bits per heavy atom. The Balaban J connectivity index is 2.36. The van der Waals surface area contributed by atoms with Gasteiger partial charge >= 0.3 is 0 Å². The molecule has 1 fully saturated rings. The van der Waals surface area contributed by atoms with E-state index in [1.807, 2.05) is 0 Å². The first-order valence-corrected chi connectivity index (χ1v) is 4.80. The van der Waals surface area contributed by atoms with Gasteiger partial charge in [-0.1, -0.05) is 0 Å². The highest BCUT2D eigenvalue weighted by Crippen LogP contribution is 2.25. The fourth-order valence-electron chi connectivity index (χ4n) is 1.71. The number of rotatable bonds is 1. The second kappa shape index (κ2) is 3.61. The van der Waals surface area contributed by atoms with Crippen LogP contribution in [0, 0.1) is 18.6 Å². The summed E-state index contributed by atoms with van der Waals surface area (Å²) in [4.78, 5) is 12.6. The van der Waals surface area contributed by atoms with Crippen LogP contribution >= 0.6 is 0 Å². The molecule has 2 nitrogen and oxygen atoms in total. The van der Waals surface area contributed by atoms with E-state index < -0.39 is 11.6 Å². The molecule has 15 heavy (non-hydrogen) atoms. The summed E-state index contributed by atoms with van der Waals surface area (Å²) < 4.78 is 26.7. The van der Waals surface area contributed by atoms with Gasteiger partial charge in [-0.2, -0.15) is 0 Å². The number of nitrogens with zero attached hydrogens (tertiary/aromatic N) is 1. The molecule has 2 rings (SSSR count). The van der Waals surface area contributed by atoms with Crippen molar-refractivity contribution in [1.82, 2.24) is 0 Å². The van der Waals surface area contributed by atoms with Gasteiger partial charge in [0, 0.05) is 19.0 Å².